The molecule has 0 unspecified atom stereocenters. The second-order valence-electron chi connectivity index (χ2n) is 6.43. The highest BCUT2D eigenvalue weighted by Gasteiger charge is 2.24. The molecule has 8 heteroatoms. The lowest BCUT2D eigenvalue weighted by atomic mass is 10.0. The highest BCUT2D eigenvalue weighted by atomic mass is 35.5. The maximum absolute atomic E-state index is 13.0. The molecule has 1 saturated heterocycles. The Labute approximate surface area is 170 Å². The summed E-state index contributed by atoms with van der Waals surface area (Å²) in [7, 11) is 0. The Balaban J connectivity index is 1.80. The molecule has 0 radical (unpaired) electrons. The minimum atomic E-state index is -0.973. The number of rotatable bonds is 4. The predicted octanol–water partition coefficient (Wildman–Crippen LogP) is 5.09. The van der Waals surface area contributed by atoms with Gasteiger partial charge in [-0.15, -0.1) is 0 Å². The lowest BCUT2D eigenvalue weighted by Crippen LogP contribution is -2.29. The van der Waals surface area contributed by atoms with Crippen molar-refractivity contribution in [2.24, 2.45) is 0 Å². The summed E-state index contributed by atoms with van der Waals surface area (Å²) in [6, 6.07) is 8.12. The number of alkyl halides is 2. The Morgan fingerprint density at radius 1 is 1.11 bits per heavy atom. The minimum absolute atomic E-state index is 0.0902. The first-order chi connectivity index (χ1) is 13.0. The van der Waals surface area contributed by atoms with Gasteiger partial charge in [0.1, 0.15) is 10.6 Å². The maximum Gasteiger partial charge on any atom is 0.198 e. The van der Waals surface area contributed by atoms with Gasteiger partial charge in [0, 0.05) is 18.7 Å². The predicted molar refractivity (Wildman–Crippen MR) is 109 cm³/mol. The fraction of sp³-hybridized carbons (Fsp3) is 0.316. The van der Waals surface area contributed by atoms with Gasteiger partial charge in [-0.3, -0.25) is 4.79 Å². The number of benzene rings is 1. The molecule has 0 amide bonds. The first kappa shape index (κ1) is 18.5. The molecule has 1 aliphatic rings. The molecule has 27 heavy (non-hydrogen) atoms. The van der Waals surface area contributed by atoms with Crippen LogP contribution in [0.15, 0.2) is 30.3 Å². The molecule has 3 heterocycles. The molecule has 0 atom stereocenters. The van der Waals surface area contributed by atoms with Crippen molar-refractivity contribution in [2.45, 2.75) is 24.1 Å². The summed E-state index contributed by atoms with van der Waals surface area (Å²) in [5.74, 6) is -0.454. The van der Waals surface area contributed by atoms with E-state index in [9.17, 15) is 9.90 Å². The number of carbonyl (C=O) groups excluding carboxylic acids is 1. The SMILES string of the molecule is O=C(c1ccccc1O)c1cc2sc(N3CCCCC3)nc2nc1C(Cl)Cl. The highest BCUT2D eigenvalue weighted by Crippen LogP contribution is 2.35. The molecule has 1 fully saturated rings. The van der Waals surface area contributed by atoms with Crippen molar-refractivity contribution in [1.82, 2.24) is 9.97 Å². The van der Waals surface area contributed by atoms with E-state index in [1.165, 1.54) is 23.8 Å². The Hall–Kier alpha value is -1.89. The first-order valence-corrected chi connectivity index (χ1v) is 10.4. The van der Waals surface area contributed by atoms with E-state index in [0.29, 0.717) is 5.65 Å². The summed E-state index contributed by atoms with van der Waals surface area (Å²) in [5.41, 5.74) is 1.27. The van der Waals surface area contributed by atoms with E-state index in [1.54, 1.807) is 24.3 Å². The van der Waals surface area contributed by atoms with Gasteiger partial charge >= 0.3 is 0 Å². The van der Waals surface area contributed by atoms with Crippen LogP contribution in [0, 0.1) is 0 Å². The number of hydrogen-bond donors (Lipinski definition) is 1. The van der Waals surface area contributed by atoms with Crippen LogP contribution in [0.5, 0.6) is 5.75 Å². The number of phenolic OH excluding ortho intramolecular Hbond substituents is 1. The molecule has 5 nitrogen and oxygen atoms in total. The molecule has 140 valence electrons. The van der Waals surface area contributed by atoms with E-state index in [0.717, 1.165) is 35.8 Å². The van der Waals surface area contributed by atoms with Crippen molar-refractivity contribution in [3.63, 3.8) is 0 Å². The standard InChI is InChI=1S/C19H17Cl2N3O2S/c20-17(21)15-12(16(26)11-6-2-3-7-13(11)25)10-14-18(22-15)23-19(27-14)24-8-4-1-5-9-24/h2-3,6-7,10,17,25H,1,4-5,8-9H2. The van der Waals surface area contributed by atoms with E-state index < -0.39 is 4.84 Å². The number of anilines is 1. The van der Waals surface area contributed by atoms with Gasteiger partial charge < -0.3 is 10.0 Å². The zero-order valence-corrected chi connectivity index (χ0v) is 16.7. The van der Waals surface area contributed by atoms with Gasteiger partial charge in [-0.25, -0.2) is 4.98 Å². The third-order valence-electron chi connectivity index (χ3n) is 4.63. The Morgan fingerprint density at radius 2 is 1.85 bits per heavy atom. The summed E-state index contributed by atoms with van der Waals surface area (Å²) in [4.78, 5) is 23.4. The van der Waals surface area contributed by atoms with Crippen molar-refractivity contribution in [2.75, 3.05) is 18.0 Å². The van der Waals surface area contributed by atoms with E-state index in [4.69, 9.17) is 23.2 Å². The van der Waals surface area contributed by atoms with Gasteiger partial charge in [0.2, 0.25) is 0 Å². The number of phenols is 1. The maximum atomic E-state index is 13.0. The van der Waals surface area contributed by atoms with Crippen LogP contribution in [0.3, 0.4) is 0 Å². The number of para-hydroxylation sites is 1. The Morgan fingerprint density at radius 3 is 2.56 bits per heavy atom. The first-order valence-electron chi connectivity index (χ1n) is 8.72. The molecular formula is C19H17Cl2N3O2S. The van der Waals surface area contributed by atoms with Gasteiger partial charge in [0.25, 0.3) is 0 Å². The quantitative estimate of drug-likeness (QED) is 0.469. The van der Waals surface area contributed by atoms with Gasteiger partial charge in [0.15, 0.2) is 16.6 Å². The monoisotopic (exact) mass is 421 g/mol. The Kier molecular flexibility index (Phi) is 5.21. The molecule has 1 N–H and O–H groups in total. The van der Waals surface area contributed by atoms with Crippen LogP contribution in [0.2, 0.25) is 0 Å². The van der Waals surface area contributed by atoms with Gasteiger partial charge in [-0.2, -0.15) is 4.98 Å². The van der Waals surface area contributed by atoms with Gasteiger partial charge in [-0.1, -0.05) is 46.7 Å². The number of carbonyl (C=O) groups is 1. The van der Waals surface area contributed by atoms with Crippen molar-refractivity contribution in [3.05, 3.63) is 47.2 Å². The normalized spacial score (nSPS) is 14.9. The smallest absolute Gasteiger partial charge is 0.198 e. The number of aromatic hydroxyl groups is 1. The third kappa shape index (κ3) is 3.61. The number of halogens is 2. The molecule has 2 aromatic heterocycles. The molecule has 1 aliphatic heterocycles. The zero-order valence-electron chi connectivity index (χ0n) is 14.4. The molecular weight excluding hydrogens is 405 g/mol. The van der Waals surface area contributed by atoms with Crippen LogP contribution in [0.4, 0.5) is 5.13 Å². The van der Waals surface area contributed by atoms with Crippen molar-refractivity contribution in [1.29, 1.82) is 0 Å². The van der Waals surface area contributed by atoms with Crippen molar-refractivity contribution >= 4 is 55.8 Å². The number of piperidine rings is 1. The number of pyridine rings is 1. The molecule has 0 bridgehead atoms. The largest absolute Gasteiger partial charge is 0.507 e. The molecule has 0 spiro atoms. The summed E-state index contributed by atoms with van der Waals surface area (Å²) in [6.07, 6.45) is 3.54. The lowest BCUT2D eigenvalue weighted by Gasteiger charge is -2.25. The summed E-state index contributed by atoms with van der Waals surface area (Å²) < 4.78 is 0.798. The third-order valence-corrected chi connectivity index (χ3v) is 6.09. The highest BCUT2D eigenvalue weighted by molar-refractivity contribution is 7.22. The van der Waals surface area contributed by atoms with Crippen molar-refractivity contribution in [3.8, 4) is 5.75 Å². The lowest BCUT2D eigenvalue weighted by molar-refractivity contribution is 0.103. The molecule has 1 aromatic carbocycles. The van der Waals surface area contributed by atoms with E-state index in [1.807, 2.05) is 0 Å². The number of nitrogens with zero attached hydrogens (tertiary/aromatic N) is 3. The number of aromatic nitrogens is 2. The van der Waals surface area contributed by atoms with Crippen LogP contribution in [-0.2, 0) is 0 Å². The van der Waals surface area contributed by atoms with Crippen LogP contribution in [0.1, 0.15) is 45.7 Å². The second kappa shape index (κ2) is 7.62. The van der Waals surface area contributed by atoms with Crippen molar-refractivity contribution < 1.29 is 9.90 Å². The minimum Gasteiger partial charge on any atom is -0.507 e. The van der Waals surface area contributed by atoms with Gasteiger partial charge in [-0.05, 0) is 37.5 Å². The summed E-state index contributed by atoms with van der Waals surface area (Å²) in [6.45, 7) is 1.95. The van der Waals surface area contributed by atoms with Crippen LogP contribution in [0.25, 0.3) is 10.3 Å². The number of thiazole rings is 1. The number of hydrogen-bond acceptors (Lipinski definition) is 6. The van der Waals surface area contributed by atoms with E-state index >= 15 is 0 Å². The number of ketones is 1. The van der Waals surface area contributed by atoms with Crippen LogP contribution < -0.4 is 4.90 Å². The fourth-order valence-electron chi connectivity index (χ4n) is 3.25. The molecule has 4 rings (SSSR count). The summed E-state index contributed by atoms with van der Waals surface area (Å²) in [5, 5.41) is 10.9. The summed E-state index contributed by atoms with van der Waals surface area (Å²) >= 11 is 13.7. The zero-order chi connectivity index (χ0) is 19.0. The average molecular weight is 422 g/mol. The fourth-order valence-corrected chi connectivity index (χ4v) is 4.58. The van der Waals surface area contributed by atoms with Crippen LogP contribution >= 0.6 is 34.5 Å². The average Bonchev–Trinajstić information content (AvgIpc) is 3.10. The second-order valence-corrected chi connectivity index (χ2v) is 8.54. The van der Waals surface area contributed by atoms with Gasteiger partial charge in [0.05, 0.1) is 16.0 Å². The molecule has 0 aliphatic carbocycles. The molecule has 3 aromatic rings. The molecule has 0 saturated carbocycles. The van der Waals surface area contributed by atoms with E-state index in [2.05, 4.69) is 14.9 Å². The Bertz CT molecular complexity index is 1000. The topological polar surface area (TPSA) is 66.3 Å². The van der Waals surface area contributed by atoms with E-state index in [-0.39, 0.29) is 28.4 Å². The van der Waals surface area contributed by atoms with Crippen LogP contribution in [-0.4, -0.2) is 33.9 Å². The number of fused-ring (bicyclic) bond motifs is 1.